The molecule has 5 nitrogen and oxygen atoms in total. The van der Waals surface area contributed by atoms with Gasteiger partial charge in [0.15, 0.2) is 0 Å². The predicted octanol–water partition coefficient (Wildman–Crippen LogP) is 2.90. The van der Waals surface area contributed by atoms with Crippen LogP contribution in [0.2, 0.25) is 10.0 Å². The van der Waals surface area contributed by atoms with Crippen LogP contribution in [0.25, 0.3) is 0 Å². The van der Waals surface area contributed by atoms with Crippen molar-refractivity contribution in [1.82, 2.24) is 0 Å². The van der Waals surface area contributed by atoms with Crippen molar-refractivity contribution in [3.63, 3.8) is 0 Å². The first-order valence-corrected chi connectivity index (χ1v) is 6.87. The smallest absolute Gasteiger partial charge is 0.337 e. The minimum Gasteiger partial charge on any atom is -0.478 e. The molecule has 0 aromatic heterocycles. The molecular formula is C13H14Cl2N2O3. The van der Waals surface area contributed by atoms with E-state index in [4.69, 9.17) is 34.0 Å². The van der Waals surface area contributed by atoms with Gasteiger partial charge >= 0.3 is 5.97 Å². The second-order valence-corrected chi connectivity index (χ2v) is 5.90. The normalized spacial score (nSPS) is 16.4. The van der Waals surface area contributed by atoms with Gasteiger partial charge < -0.3 is 16.2 Å². The lowest BCUT2D eigenvalue weighted by atomic mass is 9.75. The standard InChI is InChI=1S/C13H14Cl2N2O3/c14-7-4-8(12(19)20)11(9(15)5-7)17-10(18)6-13(16)2-1-3-13/h4-5H,1-3,6,16H2,(H,17,18)(H,19,20). The maximum Gasteiger partial charge on any atom is 0.337 e. The molecule has 0 heterocycles. The van der Waals surface area contributed by atoms with Crippen molar-refractivity contribution in [3.05, 3.63) is 27.7 Å². The van der Waals surface area contributed by atoms with Crippen LogP contribution in [0.3, 0.4) is 0 Å². The molecule has 2 rings (SSSR count). The van der Waals surface area contributed by atoms with Gasteiger partial charge in [0.25, 0.3) is 0 Å². The Morgan fingerprint density at radius 1 is 1.35 bits per heavy atom. The fourth-order valence-corrected chi connectivity index (χ4v) is 2.72. The summed E-state index contributed by atoms with van der Waals surface area (Å²) in [4.78, 5) is 23.1. The molecule has 0 atom stereocenters. The topological polar surface area (TPSA) is 92.4 Å². The van der Waals surface area contributed by atoms with E-state index in [-0.39, 0.29) is 33.6 Å². The third-order valence-electron chi connectivity index (χ3n) is 3.41. The number of carboxylic acid groups (broad SMARTS) is 1. The summed E-state index contributed by atoms with van der Waals surface area (Å²) in [6, 6.07) is 2.62. The molecule has 0 aliphatic heterocycles. The fraction of sp³-hybridized carbons (Fsp3) is 0.385. The second kappa shape index (κ2) is 5.60. The van der Waals surface area contributed by atoms with Crippen LogP contribution in [-0.4, -0.2) is 22.5 Å². The number of halogens is 2. The summed E-state index contributed by atoms with van der Waals surface area (Å²) < 4.78 is 0. The SMILES string of the molecule is NC1(CC(=O)Nc2c(Cl)cc(Cl)cc2C(=O)O)CCC1. The van der Waals surface area contributed by atoms with Gasteiger partial charge in [0.05, 0.1) is 16.3 Å². The molecule has 0 unspecified atom stereocenters. The van der Waals surface area contributed by atoms with E-state index in [2.05, 4.69) is 5.32 Å². The molecule has 0 radical (unpaired) electrons. The zero-order chi connectivity index (χ0) is 14.9. The van der Waals surface area contributed by atoms with Gasteiger partial charge in [-0.15, -0.1) is 0 Å². The summed E-state index contributed by atoms with van der Waals surface area (Å²) in [6.45, 7) is 0. The number of hydrogen-bond acceptors (Lipinski definition) is 3. The van der Waals surface area contributed by atoms with E-state index in [0.717, 1.165) is 19.3 Å². The quantitative estimate of drug-likeness (QED) is 0.796. The van der Waals surface area contributed by atoms with Gasteiger partial charge in [-0.2, -0.15) is 0 Å². The van der Waals surface area contributed by atoms with Gasteiger partial charge in [0.1, 0.15) is 0 Å². The summed E-state index contributed by atoms with van der Waals surface area (Å²) in [7, 11) is 0. The lowest BCUT2D eigenvalue weighted by Crippen LogP contribution is -2.49. The largest absolute Gasteiger partial charge is 0.478 e. The van der Waals surface area contributed by atoms with Gasteiger partial charge in [-0.1, -0.05) is 23.2 Å². The molecule has 1 saturated carbocycles. The number of carbonyl (C=O) groups is 2. The predicted molar refractivity (Wildman–Crippen MR) is 77.4 cm³/mol. The van der Waals surface area contributed by atoms with Gasteiger partial charge in [0.2, 0.25) is 5.91 Å². The fourth-order valence-electron chi connectivity index (χ4n) is 2.18. The highest BCUT2D eigenvalue weighted by molar-refractivity contribution is 6.37. The van der Waals surface area contributed by atoms with Crippen molar-refractivity contribution in [2.75, 3.05) is 5.32 Å². The number of anilines is 1. The van der Waals surface area contributed by atoms with Crippen molar-refractivity contribution in [2.45, 2.75) is 31.2 Å². The summed E-state index contributed by atoms with van der Waals surface area (Å²) in [5.41, 5.74) is 5.42. The van der Waals surface area contributed by atoms with E-state index in [1.54, 1.807) is 0 Å². The van der Waals surface area contributed by atoms with Crippen LogP contribution in [0.15, 0.2) is 12.1 Å². The summed E-state index contributed by atoms with van der Waals surface area (Å²) in [6.07, 6.45) is 2.73. The highest BCUT2D eigenvalue weighted by atomic mass is 35.5. The Kier molecular flexibility index (Phi) is 4.22. The number of amides is 1. The zero-order valence-electron chi connectivity index (χ0n) is 10.6. The van der Waals surface area contributed by atoms with Crippen LogP contribution < -0.4 is 11.1 Å². The van der Waals surface area contributed by atoms with Crippen LogP contribution in [0.1, 0.15) is 36.0 Å². The van der Waals surface area contributed by atoms with Crippen molar-refractivity contribution in [3.8, 4) is 0 Å². The molecular weight excluding hydrogens is 303 g/mol. The number of carbonyl (C=O) groups excluding carboxylic acids is 1. The van der Waals surface area contributed by atoms with Crippen LogP contribution in [0.4, 0.5) is 5.69 Å². The van der Waals surface area contributed by atoms with Crippen LogP contribution in [-0.2, 0) is 4.79 Å². The third-order valence-corrected chi connectivity index (χ3v) is 3.93. The van der Waals surface area contributed by atoms with Gasteiger partial charge in [0, 0.05) is 17.0 Å². The average molecular weight is 317 g/mol. The summed E-state index contributed by atoms with van der Waals surface area (Å²) in [5, 5.41) is 11.9. The van der Waals surface area contributed by atoms with Gasteiger partial charge in [-0.05, 0) is 31.4 Å². The first-order chi connectivity index (χ1) is 9.31. The Morgan fingerprint density at radius 2 is 2.00 bits per heavy atom. The Balaban J connectivity index is 2.20. The van der Waals surface area contributed by atoms with Crippen LogP contribution in [0.5, 0.6) is 0 Å². The lowest BCUT2D eigenvalue weighted by Gasteiger charge is -2.37. The first kappa shape index (κ1) is 15.1. The molecule has 4 N–H and O–H groups in total. The molecule has 7 heteroatoms. The van der Waals surface area contributed by atoms with E-state index in [9.17, 15) is 9.59 Å². The first-order valence-electron chi connectivity index (χ1n) is 6.12. The van der Waals surface area contributed by atoms with E-state index >= 15 is 0 Å². The van der Waals surface area contributed by atoms with E-state index < -0.39 is 11.5 Å². The maximum absolute atomic E-state index is 12.0. The Morgan fingerprint density at radius 3 is 2.50 bits per heavy atom. The number of aromatic carboxylic acids is 1. The minimum absolute atomic E-state index is 0.0523. The molecule has 1 fully saturated rings. The average Bonchev–Trinajstić information content (AvgIpc) is 2.30. The number of rotatable bonds is 4. The van der Waals surface area contributed by atoms with Crippen LogP contribution in [0, 0.1) is 0 Å². The second-order valence-electron chi connectivity index (χ2n) is 5.06. The zero-order valence-corrected chi connectivity index (χ0v) is 12.1. The number of nitrogens with two attached hydrogens (primary N) is 1. The highest BCUT2D eigenvalue weighted by Gasteiger charge is 2.35. The molecule has 108 valence electrons. The number of hydrogen-bond donors (Lipinski definition) is 3. The molecule has 1 aromatic rings. The Hall–Kier alpha value is -1.30. The molecule has 0 saturated heterocycles. The van der Waals surface area contributed by atoms with E-state index in [1.807, 2.05) is 0 Å². The monoisotopic (exact) mass is 316 g/mol. The molecule has 0 spiro atoms. The van der Waals surface area contributed by atoms with E-state index in [1.165, 1.54) is 12.1 Å². The van der Waals surface area contributed by atoms with Crippen molar-refractivity contribution >= 4 is 40.8 Å². The molecule has 1 aromatic carbocycles. The number of benzene rings is 1. The molecule has 1 aliphatic rings. The van der Waals surface area contributed by atoms with Gasteiger partial charge in [-0.3, -0.25) is 4.79 Å². The summed E-state index contributed by atoms with van der Waals surface area (Å²) in [5.74, 6) is -1.56. The number of nitrogens with one attached hydrogen (secondary N) is 1. The maximum atomic E-state index is 12.0. The summed E-state index contributed by atoms with van der Waals surface area (Å²) >= 11 is 11.7. The Bertz CT molecular complexity index is 571. The van der Waals surface area contributed by atoms with Crippen molar-refractivity contribution in [2.24, 2.45) is 5.73 Å². The van der Waals surface area contributed by atoms with Crippen LogP contribution >= 0.6 is 23.2 Å². The number of carboxylic acids is 1. The minimum atomic E-state index is -1.21. The third kappa shape index (κ3) is 3.23. The molecule has 0 bridgehead atoms. The van der Waals surface area contributed by atoms with Crippen molar-refractivity contribution < 1.29 is 14.7 Å². The van der Waals surface area contributed by atoms with E-state index in [0.29, 0.717) is 0 Å². The highest BCUT2D eigenvalue weighted by Crippen LogP contribution is 2.34. The van der Waals surface area contributed by atoms with Crippen molar-refractivity contribution in [1.29, 1.82) is 0 Å². The molecule has 1 aliphatic carbocycles. The van der Waals surface area contributed by atoms with Gasteiger partial charge in [-0.25, -0.2) is 4.79 Å². The lowest BCUT2D eigenvalue weighted by molar-refractivity contribution is -0.118. The molecule has 1 amide bonds. The Labute approximate surface area is 126 Å². The molecule has 20 heavy (non-hydrogen) atoms.